The van der Waals surface area contributed by atoms with Gasteiger partial charge in [0.05, 0.1) is 16.4 Å². The first-order valence-corrected chi connectivity index (χ1v) is 10.2. The SMILES string of the molecule is Cc1nc(CN2CCC(C(=O)Nc3ccc(OC(F)F)cc3OC(F)F)CC2)cs1. The van der Waals surface area contributed by atoms with Crippen molar-refractivity contribution in [2.24, 2.45) is 5.92 Å². The van der Waals surface area contributed by atoms with E-state index in [9.17, 15) is 22.4 Å². The third kappa shape index (κ3) is 6.30. The van der Waals surface area contributed by atoms with Crippen molar-refractivity contribution < 1.29 is 31.8 Å². The molecule has 0 radical (unpaired) electrons. The van der Waals surface area contributed by atoms with Crippen LogP contribution in [-0.4, -0.2) is 42.1 Å². The van der Waals surface area contributed by atoms with Crippen LogP contribution in [0.1, 0.15) is 23.5 Å². The maximum absolute atomic E-state index is 12.7. The Kier molecular flexibility index (Phi) is 7.48. The zero-order valence-electron chi connectivity index (χ0n) is 16.1. The summed E-state index contributed by atoms with van der Waals surface area (Å²) in [5.74, 6) is -1.41. The average Bonchev–Trinajstić information content (AvgIpc) is 3.08. The lowest BCUT2D eigenvalue weighted by Gasteiger charge is -2.30. The number of amides is 1. The van der Waals surface area contributed by atoms with Gasteiger partial charge in [0.1, 0.15) is 5.75 Å². The number of piperidine rings is 1. The first kappa shape index (κ1) is 22.3. The molecule has 3 rings (SSSR count). The predicted molar refractivity (Wildman–Crippen MR) is 103 cm³/mol. The van der Waals surface area contributed by atoms with E-state index >= 15 is 0 Å². The molecular formula is C19H21F4N3O3S. The van der Waals surface area contributed by atoms with Gasteiger partial charge in [-0.3, -0.25) is 9.69 Å². The zero-order valence-corrected chi connectivity index (χ0v) is 16.9. The van der Waals surface area contributed by atoms with Crippen LogP contribution in [0.4, 0.5) is 23.2 Å². The van der Waals surface area contributed by atoms with Crippen molar-refractivity contribution in [2.75, 3.05) is 18.4 Å². The Morgan fingerprint density at radius 1 is 1.23 bits per heavy atom. The molecule has 1 fully saturated rings. The first-order valence-electron chi connectivity index (χ1n) is 9.28. The number of hydrogen-bond acceptors (Lipinski definition) is 6. The van der Waals surface area contributed by atoms with Crippen LogP contribution in [0.5, 0.6) is 11.5 Å². The van der Waals surface area contributed by atoms with Gasteiger partial charge in [0.25, 0.3) is 0 Å². The van der Waals surface area contributed by atoms with Crippen LogP contribution in [0.2, 0.25) is 0 Å². The minimum atomic E-state index is -3.18. The standard InChI is InChI=1S/C19H21F4N3O3S/c1-11-24-13(10-30-11)9-26-6-4-12(5-7-26)17(27)25-15-3-2-14(28-18(20)21)8-16(15)29-19(22)23/h2-3,8,10,12,18-19H,4-7,9H2,1H3,(H,25,27). The predicted octanol–water partition coefficient (Wildman–Crippen LogP) is 4.51. The van der Waals surface area contributed by atoms with E-state index in [2.05, 4.69) is 24.7 Å². The number of ether oxygens (including phenoxy) is 2. The van der Waals surface area contributed by atoms with Crippen molar-refractivity contribution in [1.82, 2.24) is 9.88 Å². The molecule has 1 saturated heterocycles. The molecule has 1 aliphatic rings. The molecule has 6 nitrogen and oxygen atoms in total. The number of likely N-dealkylation sites (tertiary alicyclic amines) is 1. The molecule has 1 aliphatic heterocycles. The summed E-state index contributed by atoms with van der Waals surface area (Å²) in [7, 11) is 0. The van der Waals surface area contributed by atoms with Crippen LogP contribution < -0.4 is 14.8 Å². The number of anilines is 1. The Labute approximate surface area is 174 Å². The van der Waals surface area contributed by atoms with E-state index in [1.165, 1.54) is 6.07 Å². The lowest BCUT2D eigenvalue weighted by molar-refractivity contribution is -0.121. The number of nitrogens with one attached hydrogen (secondary N) is 1. The molecular weight excluding hydrogens is 426 g/mol. The number of aromatic nitrogens is 1. The fourth-order valence-corrected chi connectivity index (χ4v) is 3.88. The number of alkyl halides is 4. The van der Waals surface area contributed by atoms with Crippen molar-refractivity contribution in [3.8, 4) is 11.5 Å². The minimum absolute atomic E-state index is 0.0257. The smallest absolute Gasteiger partial charge is 0.387 e. The highest BCUT2D eigenvalue weighted by atomic mass is 32.1. The van der Waals surface area contributed by atoms with Crippen molar-refractivity contribution in [2.45, 2.75) is 39.5 Å². The monoisotopic (exact) mass is 447 g/mol. The van der Waals surface area contributed by atoms with Crippen LogP contribution >= 0.6 is 11.3 Å². The summed E-state index contributed by atoms with van der Waals surface area (Å²) in [5, 5.41) is 5.58. The van der Waals surface area contributed by atoms with Crippen LogP contribution in [0, 0.1) is 12.8 Å². The highest BCUT2D eigenvalue weighted by Crippen LogP contribution is 2.32. The Morgan fingerprint density at radius 3 is 2.53 bits per heavy atom. The number of rotatable bonds is 8. The van der Waals surface area contributed by atoms with E-state index in [4.69, 9.17) is 0 Å². The highest BCUT2D eigenvalue weighted by molar-refractivity contribution is 7.09. The number of halogens is 4. The topological polar surface area (TPSA) is 63.7 Å². The van der Waals surface area contributed by atoms with Gasteiger partial charge >= 0.3 is 13.2 Å². The van der Waals surface area contributed by atoms with Gasteiger partial charge < -0.3 is 14.8 Å². The second-order valence-electron chi connectivity index (χ2n) is 6.81. The zero-order chi connectivity index (χ0) is 21.7. The maximum atomic E-state index is 12.7. The fourth-order valence-electron chi connectivity index (χ4n) is 3.27. The average molecular weight is 447 g/mol. The Morgan fingerprint density at radius 2 is 1.93 bits per heavy atom. The molecule has 0 atom stereocenters. The molecule has 1 aromatic heterocycles. The summed E-state index contributed by atoms with van der Waals surface area (Å²) >= 11 is 1.59. The molecule has 30 heavy (non-hydrogen) atoms. The quantitative estimate of drug-likeness (QED) is 0.604. The molecule has 1 amide bonds. The fraction of sp³-hybridized carbons (Fsp3) is 0.474. The van der Waals surface area contributed by atoms with E-state index in [0.717, 1.165) is 29.4 Å². The van der Waals surface area contributed by atoms with Crippen LogP contribution in [0.3, 0.4) is 0 Å². The van der Waals surface area contributed by atoms with Crippen molar-refractivity contribution >= 4 is 22.9 Å². The summed E-state index contributed by atoms with van der Waals surface area (Å²) in [6, 6.07) is 3.25. The Balaban J connectivity index is 1.58. The lowest BCUT2D eigenvalue weighted by atomic mass is 9.95. The number of nitrogens with zero attached hydrogens (tertiary/aromatic N) is 2. The molecule has 2 heterocycles. The second kappa shape index (κ2) is 10.1. The van der Waals surface area contributed by atoms with Gasteiger partial charge in [0, 0.05) is 23.9 Å². The second-order valence-corrected chi connectivity index (χ2v) is 7.87. The van der Waals surface area contributed by atoms with Crippen molar-refractivity contribution in [3.63, 3.8) is 0 Å². The van der Waals surface area contributed by atoms with Crippen LogP contribution in [0.15, 0.2) is 23.6 Å². The Bertz CT molecular complexity index is 857. The number of hydrogen-bond donors (Lipinski definition) is 1. The highest BCUT2D eigenvalue weighted by Gasteiger charge is 2.26. The van der Waals surface area contributed by atoms with Gasteiger partial charge in [-0.05, 0) is 45.0 Å². The third-order valence-corrected chi connectivity index (χ3v) is 5.49. The number of carbonyl (C=O) groups is 1. The molecule has 0 aliphatic carbocycles. The van der Waals surface area contributed by atoms with Crippen LogP contribution in [-0.2, 0) is 11.3 Å². The molecule has 0 spiro atoms. The summed E-state index contributed by atoms with van der Waals surface area (Å²) < 4.78 is 58.6. The molecule has 1 aromatic carbocycles. The summed E-state index contributed by atoms with van der Waals surface area (Å²) in [6.07, 6.45) is 1.21. The normalized spacial score (nSPS) is 15.6. The van der Waals surface area contributed by atoms with Gasteiger partial charge in [0.15, 0.2) is 5.75 Å². The third-order valence-electron chi connectivity index (χ3n) is 4.66. The van der Waals surface area contributed by atoms with E-state index in [1.54, 1.807) is 11.3 Å². The first-order chi connectivity index (χ1) is 14.3. The minimum Gasteiger partial charge on any atom is -0.435 e. The van der Waals surface area contributed by atoms with E-state index in [1.807, 2.05) is 12.3 Å². The van der Waals surface area contributed by atoms with E-state index in [-0.39, 0.29) is 23.3 Å². The summed E-state index contributed by atoms with van der Waals surface area (Å²) in [4.78, 5) is 19.2. The molecule has 0 unspecified atom stereocenters. The molecule has 0 saturated carbocycles. The van der Waals surface area contributed by atoms with Gasteiger partial charge in [0.2, 0.25) is 5.91 Å². The largest absolute Gasteiger partial charge is 0.435 e. The van der Waals surface area contributed by atoms with Crippen molar-refractivity contribution in [1.29, 1.82) is 0 Å². The van der Waals surface area contributed by atoms with Gasteiger partial charge in [-0.1, -0.05) is 0 Å². The molecule has 2 aromatic rings. The lowest BCUT2D eigenvalue weighted by Crippen LogP contribution is -2.37. The summed E-state index contributed by atoms with van der Waals surface area (Å²) in [5.41, 5.74) is 0.975. The Hall–Kier alpha value is -2.40. The number of thiazole rings is 1. The van der Waals surface area contributed by atoms with Gasteiger partial charge in [-0.25, -0.2) is 4.98 Å². The number of aryl methyl sites for hydroxylation is 1. The number of benzene rings is 1. The van der Waals surface area contributed by atoms with Gasteiger partial charge in [-0.2, -0.15) is 17.6 Å². The molecule has 164 valence electrons. The van der Waals surface area contributed by atoms with Crippen LogP contribution in [0.25, 0.3) is 0 Å². The molecule has 0 bridgehead atoms. The maximum Gasteiger partial charge on any atom is 0.387 e. The molecule has 1 N–H and O–H groups in total. The van der Waals surface area contributed by atoms with E-state index in [0.29, 0.717) is 25.9 Å². The van der Waals surface area contributed by atoms with Gasteiger partial charge in [-0.15, -0.1) is 11.3 Å². The number of carbonyl (C=O) groups excluding carboxylic acids is 1. The van der Waals surface area contributed by atoms with E-state index < -0.39 is 19.0 Å². The summed E-state index contributed by atoms with van der Waals surface area (Å²) in [6.45, 7) is -2.21. The molecule has 11 heteroatoms. The van der Waals surface area contributed by atoms with Crippen molar-refractivity contribution in [3.05, 3.63) is 34.3 Å².